The molecule has 0 radical (unpaired) electrons. The fourth-order valence-corrected chi connectivity index (χ4v) is 4.39. The van der Waals surface area contributed by atoms with Gasteiger partial charge in [0.25, 0.3) is 0 Å². The lowest BCUT2D eigenvalue weighted by atomic mass is 10.1. The number of carbonyl (C=O) groups is 2. The van der Waals surface area contributed by atoms with E-state index in [2.05, 4.69) is 4.98 Å². The van der Waals surface area contributed by atoms with Crippen LogP contribution in [-0.4, -0.2) is 55.9 Å². The lowest BCUT2D eigenvalue weighted by Crippen LogP contribution is -2.41. The number of ether oxygens (including phenoxy) is 3. The molecule has 1 aliphatic rings. The molecule has 1 fully saturated rings. The molecular weight excluding hydrogens is 590 g/mol. The summed E-state index contributed by atoms with van der Waals surface area (Å²) in [5, 5.41) is 20.7. The van der Waals surface area contributed by atoms with E-state index < -0.39 is 48.1 Å². The minimum atomic E-state index is -3.80. The monoisotopic (exact) mass is 616 g/mol. The summed E-state index contributed by atoms with van der Waals surface area (Å²) in [5.74, 6) is -4.43. The number of hydrogen-bond donors (Lipinski definition) is 2. The molecule has 13 heteroatoms. The lowest BCUT2D eigenvalue weighted by Gasteiger charge is -2.21. The van der Waals surface area contributed by atoms with E-state index >= 15 is 0 Å². The normalized spacial score (nSPS) is 18.9. The lowest BCUT2D eigenvalue weighted by molar-refractivity contribution is -0.144. The molecule has 1 aliphatic heterocycles. The van der Waals surface area contributed by atoms with E-state index in [4.69, 9.17) is 30.9 Å². The maximum Gasteiger partial charge on any atom is 0.404 e. The molecule has 1 aromatic heterocycles. The summed E-state index contributed by atoms with van der Waals surface area (Å²) in [6.07, 6.45) is -5.22. The van der Waals surface area contributed by atoms with Crippen molar-refractivity contribution in [2.24, 2.45) is 0 Å². The van der Waals surface area contributed by atoms with Gasteiger partial charge in [-0.15, -0.1) is 0 Å². The van der Waals surface area contributed by atoms with E-state index in [9.17, 15) is 28.3 Å². The highest BCUT2D eigenvalue weighted by molar-refractivity contribution is 6.61. The van der Waals surface area contributed by atoms with E-state index in [-0.39, 0.29) is 25.3 Å². The van der Waals surface area contributed by atoms with Gasteiger partial charge in [0.15, 0.2) is 6.10 Å². The van der Waals surface area contributed by atoms with Crippen molar-refractivity contribution < 1.29 is 42.8 Å². The number of esters is 1. The molecule has 3 aromatic carbocycles. The van der Waals surface area contributed by atoms with Gasteiger partial charge in [0, 0.05) is 17.8 Å². The Balaban J connectivity index is 0.000000237. The first kappa shape index (κ1) is 31.7. The van der Waals surface area contributed by atoms with E-state index in [1.54, 1.807) is 24.3 Å². The van der Waals surface area contributed by atoms with Crippen LogP contribution < -0.4 is 5.69 Å². The van der Waals surface area contributed by atoms with Crippen molar-refractivity contribution in [2.75, 3.05) is 6.61 Å². The van der Waals surface area contributed by atoms with E-state index in [0.717, 1.165) is 28.1 Å². The molecule has 0 bridgehead atoms. The van der Waals surface area contributed by atoms with Gasteiger partial charge in [0.2, 0.25) is 6.23 Å². The molecule has 0 spiro atoms. The maximum absolute atomic E-state index is 14.1. The minimum absolute atomic E-state index is 0.0416. The maximum atomic E-state index is 14.1. The van der Waals surface area contributed by atoms with Crippen molar-refractivity contribution in [3.05, 3.63) is 112 Å². The average Bonchev–Trinajstić information content (AvgIpc) is 3.23. The van der Waals surface area contributed by atoms with Crippen LogP contribution in [0.15, 0.2) is 89.9 Å². The molecule has 2 N–H and O–H groups in total. The number of benzene rings is 3. The van der Waals surface area contributed by atoms with Gasteiger partial charge in [-0.25, -0.2) is 9.59 Å². The van der Waals surface area contributed by atoms with Crippen molar-refractivity contribution in [3.63, 3.8) is 0 Å². The molecule has 0 amide bonds. The van der Waals surface area contributed by atoms with Crippen LogP contribution in [0, 0.1) is 0 Å². The summed E-state index contributed by atoms with van der Waals surface area (Å²) in [6, 6.07) is 24.0. The Morgan fingerprint density at radius 1 is 0.977 bits per heavy atom. The standard InChI is InChI=1S/C18H18F2N2O6.C12H9ClO2/c19-18(20)15(25)13(9-23)28-16(18)22-7-6-12(21-17(22)26)8-14(24)27-10-11-4-2-1-3-5-11;13-12(14)15-8-10-6-3-5-9-4-1-2-7-11(9)10/h1-7,13,15-16,23,25H,8-10H2;1-7H,8H2. The molecule has 226 valence electrons. The Labute approximate surface area is 249 Å². The smallest absolute Gasteiger partial charge is 0.404 e. The van der Waals surface area contributed by atoms with Gasteiger partial charge < -0.3 is 24.4 Å². The van der Waals surface area contributed by atoms with Gasteiger partial charge in [0.05, 0.1) is 18.7 Å². The number of rotatable bonds is 8. The van der Waals surface area contributed by atoms with Gasteiger partial charge in [-0.3, -0.25) is 9.36 Å². The van der Waals surface area contributed by atoms with Crippen LogP contribution in [0.1, 0.15) is 23.0 Å². The van der Waals surface area contributed by atoms with Gasteiger partial charge in [-0.2, -0.15) is 13.8 Å². The van der Waals surface area contributed by atoms with Crippen molar-refractivity contribution >= 4 is 33.8 Å². The summed E-state index contributed by atoms with van der Waals surface area (Å²) in [7, 11) is 0. The molecule has 5 rings (SSSR count). The van der Waals surface area contributed by atoms with E-state index in [1.165, 1.54) is 6.07 Å². The molecule has 0 aliphatic carbocycles. The number of nitrogens with zero attached hydrogens (tertiary/aromatic N) is 2. The number of aliphatic hydroxyl groups is 2. The molecule has 2 heterocycles. The summed E-state index contributed by atoms with van der Waals surface area (Å²) < 4.78 is 43.5. The number of fused-ring (bicyclic) bond motifs is 1. The van der Waals surface area contributed by atoms with Gasteiger partial charge in [0.1, 0.15) is 19.3 Å². The van der Waals surface area contributed by atoms with Crippen LogP contribution in [0.25, 0.3) is 10.8 Å². The van der Waals surface area contributed by atoms with Gasteiger partial charge in [-0.05, 0) is 28.0 Å². The Hall–Kier alpha value is -4.23. The second-order valence-corrected chi connectivity index (χ2v) is 9.73. The molecule has 3 unspecified atom stereocenters. The van der Waals surface area contributed by atoms with Gasteiger partial charge >= 0.3 is 23.0 Å². The highest BCUT2D eigenvalue weighted by atomic mass is 35.5. The Morgan fingerprint density at radius 2 is 1.67 bits per heavy atom. The summed E-state index contributed by atoms with van der Waals surface area (Å²) >= 11 is 5.12. The molecular formula is C30H27ClF2N2O8. The Morgan fingerprint density at radius 3 is 2.35 bits per heavy atom. The molecule has 0 saturated carbocycles. The third-order valence-corrected chi connectivity index (χ3v) is 6.60. The number of carbonyl (C=O) groups excluding carboxylic acids is 2. The molecule has 4 aromatic rings. The van der Waals surface area contributed by atoms with Crippen LogP contribution in [0.3, 0.4) is 0 Å². The van der Waals surface area contributed by atoms with Crippen molar-refractivity contribution in [1.29, 1.82) is 0 Å². The van der Waals surface area contributed by atoms with Crippen molar-refractivity contribution in [3.8, 4) is 0 Å². The highest BCUT2D eigenvalue weighted by Crippen LogP contribution is 2.41. The van der Waals surface area contributed by atoms with E-state index in [0.29, 0.717) is 4.57 Å². The zero-order valence-electron chi connectivity index (χ0n) is 22.5. The van der Waals surface area contributed by atoms with E-state index in [1.807, 2.05) is 48.5 Å². The number of aromatic nitrogens is 2. The SMILES string of the molecule is O=C(Cc1ccn(C2OC(CO)C(O)C2(F)F)c(=O)n1)OCc1ccccc1.O=C(Cl)OCc1cccc2ccccc12. The number of halogens is 3. The summed E-state index contributed by atoms with van der Waals surface area (Å²) in [6.45, 7) is -0.566. The first-order valence-corrected chi connectivity index (χ1v) is 13.4. The topological polar surface area (TPSA) is 137 Å². The molecule has 10 nitrogen and oxygen atoms in total. The van der Waals surface area contributed by atoms with Crippen LogP contribution in [-0.2, 0) is 38.6 Å². The van der Waals surface area contributed by atoms with Crippen molar-refractivity contribution in [2.45, 2.75) is 44.0 Å². The van der Waals surface area contributed by atoms with Crippen LogP contribution in [0.4, 0.5) is 13.6 Å². The summed E-state index contributed by atoms with van der Waals surface area (Å²) in [4.78, 5) is 38.1. The largest absolute Gasteiger partial charge is 0.461 e. The third kappa shape index (κ3) is 7.99. The third-order valence-electron chi connectivity index (χ3n) is 6.49. The number of hydrogen-bond acceptors (Lipinski definition) is 9. The fourth-order valence-electron chi connectivity index (χ4n) is 4.33. The Kier molecular flexibility index (Phi) is 10.5. The van der Waals surface area contributed by atoms with Crippen LogP contribution in [0.5, 0.6) is 0 Å². The van der Waals surface area contributed by atoms with Crippen LogP contribution in [0.2, 0.25) is 0 Å². The second-order valence-electron chi connectivity index (χ2n) is 9.43. The average molecular weight is 617 g/mol. The quantitative estimate of drug-likeness (QED) is 0.221. The molecule has 1 saturated heterocycles. The molecule has 3 atom stereocenters. The zero-order valence-corrected chi connectivity index (χ0v) is 23.3. The van der Waals surface area contributed by atoms with Crippen LogP contribution >= 0.6 is 11.6 Å². The predicted octanol–water partition coefficient (Wildman–Crippen LogP) is 4.13. The molecule has 43 heavy (non-hydrogen) atoms. The van der Waals surface area contributed by atoms with Gasteiger partial charge in [-0.1, -0.05) is 72.8 Å². The zero-order chi connectivity index (χ0) is 31.0. The Bertz CT molecular complexity index is 1610. The first-order valence-electron chi connectivity index (χ1n) is 13.0. The highest BCUT2D eigenvalue weighted by Gasteiger charge is 2.59. The summed E-state index contributed by atoms with van der Waals surface area (Å²) in [5.41, 5.74) is -0.0643. The fraction of sp³-hybridized carbons (Fsp3) is 0.267. The predicted molar refractivity (Wildman–Crippen MR) is 150 cm³/mol. The second kappa shape index (κ2) is 14.3. The number of alkyl halides is 2. The number of aliphatic hydroxyl groups excluding tert-OH is 2. The van der Waals surface area contributed by atoms with Crippen molar-refractivity contribution in [1.82, 2.24) is 9.55 Å². The minimum Gasteiger partial charge on any atom is -0.461 e. The first-order chi connectivity index (χ1) is 20.6.